The number of anilines is 1. The molecule has 5 heterocycles. The van der Waals surface area contributed by atoms with Crippen LogP contribution < -0.4 is 4.90 Å². The number of hydrogen-bond acceptors (Lipinski definition) is 6. The number of aromatic nitrogens is 3. The lowest BCUT2D eigenvalue weighted by atomic mass is 9.91. The van der Waals surface area contributed by atoms with E-state index in [1.807, 2.05) is 6.07 Å². The zero-order valence-electron chi connectivity index (χ0n) is 18.7. The first kappa shape index (κ1) is 21.3. The summed E-state index contributed by atoms with van der Waals surface area (Å²) in [4.78, 5) is 16.2. The topological polar surface area (TPSA) is 79.3 Å². The zero-order chi connectivity index (χ0) is 22.9. The number of pyridine rings is 1. The van der Waals surface area contributed by atoms with E-state index in [0.29, 0.717) is 18.1 Å². The maximum atomic E-state index is 12.3. The molecule has 33 heavy (non-hydrogen) atoms. The van der Waals surface area contributed by atoms with Crippen molar-refractivity contribution in [2.24, 2.45) is 0 Å². The standard InChI is InChI=1S/C24H26ClN5O2S/c1-14-8-21-19(12-29(14)22-11-23(25)28-20-5-3-4-18(20)22)24(27-13-26-21)15-9-16-6-7-17(10-15)30(16)33(2,31)32/h3-4,9,11,13-14,16-17H,5-8,10,12H2,1-2H3/t14-,16+,17-/m1/s1. The SMILES string of the molecule is C[C@@H]1Cc2ncnc(C3=C[C@@H]4CC[C@H](C3)N4S(C)(=O)=O)c2CN1c1cc(Cl)nc2c1C=CC2. The Morgan fingerprint density at radius 3 is 2.79 bits per heavy atom. The molecule has 0 saturated carbocycles. The monoisotopic (exact) mass is 483 g/mol. The van der Waals surface area contributed by atoms with Gasteiger partial charge in [-0.1, -0.05) is 29.8 Å². The second kappa shape index (κ2) is 7.61. The number of allylic oxidation sites excluding steroid dienone is 1. The van der Waals surface area contributed by atoms with Crippen LogP contribution in [0.3, 0.4) is 0 Å². The van der Waals surface area contributed by atoms with Gasteiger partial charge >= 0.3 is 0 Å². The Morgan fingerprint density at radius 2 is 2.00 bits per heavy atom. The highest BCUT2D eigenvalue weighted by Gasteiger charge is 2.43. The number of halogens is 1. The van der Waals surface area contributed by atoms with Crippen LogP contribution in [0.2, 0.25) is 5.15 Å². The molecule has 2 aromatic heterocycles. The van der Waals surface area contributed by atoms with E-state index in [1.54, 1.807) is 10.6 Å². The van der Waals surface area contributed by atoms with Crippen LogP contribution >= 0.6 is 11.6 Å². The number of nitrogens with zero attached hydrogens (tertiary/aromatic N) is 5. The fourth-order valence-corrected chi connectivity index (χ4v) is 7.60. The molecule has 6 rings (SSSR count). The molecule has 0 spiro atoms. The van der Waals surface area contributed by atoms with Crippen molar-refractivity contribution >= 4 is 39.0 Å². The van der Waals surface area contributed by atoms with E-state index < -0.39 is 10.0 Å². The van der Waals surface area contributed by atoms with Gasteiger partial charge in [0.2, 0.25) is 10.0 Å². The lowest BCUT2D eigenvalue weighted by Crippen LogP contribution is -2.43. The molecular weight excluding hydrogens is 458 g/mol. The molecule has 3 atom stereocenters. The van der Waals surface area contributed by atoms with Crippen molar-refractivity contribution < 1.29 is 8.42 Å². The molecule has 0 N–H and O–H groups in total. The molecule has 1 aliphatic carbocycles. The Bertz CT molecular complexity index is 1320. The third kappa shape index (κ3) is 3.50. The van der Waals surface area contributed by atoms with Crippen molar-refractivity contribution in [2.75, 3.05) is 11.2 Å². The van der Waals surface area contributed by atoms with Crippen LogP contribution in [0.1, 0.15) is 54.4 Å². The van der Waals surface area contributed by atoms with Crippen molar-refractivity contribution in [2.45, 2.75) is 63.7 Å². The average Bonchev–Trinajstić information content (AvgIpc) is 3.34. The molecule has 9 heteroatoms. The van der Waals surface area contributed by atoms with Crippen LogP contribution in [0.5, 0.6) is 0 Å². The van der Waals surface area contributed by atoms with Gasteiger partial charge in [0.25, 0.3) is 0 Å². The van der Waals surface area contributed by atoms with Crippen molar-refractivity contribution in [3.8, 4) is 0 Å². The summed E-state index contributed by atoms with van der Waals surface area (Å²) >= 11 is 6.39. The molecule has 0 radical (unpaired) electrons. The number of rotatable bonds is 3. The summed E-state index contributed by atoms with van der Waals surface area (Å²) in [5.41, 5.74) is 7.60. The van der Waals surface area contributed by atoms with Crippen molar-refractivity contribution in [3.05, 3.63) is 57.9 Å². The van der Waals surface area contributed by atoms with Gasteiger partial charge in [0.1, 0.15) is 11.5 Å². The first-order chi connectivity index (χ1) is 15.8. The molecule has 1 fully saturated rings. The fraction of sp³-hybridized carbons (Fsp3) is 0.458. The summed E-state index contributed by atoms with van der Waals surface area (Å²) < 4.78 is 26.3. The normalized spacial score (nSPS) is 26.3. The van der Waals surface area contributed by atoms with Crippen LogP contribution in [0, 0.1) is 0 Å². The van der Waals surface area contributed by atoms with Gasteiger partial charge in [0.05, 0.1) is 23.3 Å². The molecule has 2 bridgehead atoms. The summed E-state index contributed by atoms with van der Waals surface area (Å²) in [5, 5.41) is 0.516. The molecule has 0 aromatic carbocycles. The summed E-state index contributed by atoms with van der Waals surface area (Å²) in [6, 6.07) is 2.16. The Labute approximate surface area is 199 Å². The van der Waals surface area contributed by atoms with E-state index in [1.165, 1.54) is 6.26 Å². The molecule has 3 aliphatic heterocycles. The van der Waals surface area contributed by atoms with Gasteiger partial charge in [-0.05, 0) is 37.8 Å². The van der Waals surface area contributed by atoms with E-state index in [2.05, 4.69) is 40.0 Å². The molecule has 172 valence electrons. The minimum atomic E-state index is -3.22. The molecular formula is C24H26ClN5O2S. The predicted molar refractivity (Wildman–Crippen MR) is 129 cm³/mol. The predicted octanol–water partition coefficient (Wildman–Crippen LogP) is 3.63. The quantitative estimate of drug-likeness (QED) is 0.620. The van der Waals surface area contributed by atoms with Gasteiger partial charge < -0.3 is 4.90 Å². The zero-order valence-corrected chi connectivity index (χ0v) is 20.3. The highest BCUT2D eigenvalue weighted by atomic mass is 35.5. The van der Waals surface area contributed by atoms with Crippen molar-refractivity contribution in [1.29, 1.82) is 0 Å². The third-order valence-corrected chi connectivity index (χ3v) is 8.92. The van der Waals surface area contributed by atoms with Crippen LogP contribution in [-0.2, 0) is 29.4 Å². The molecule has 2 aromatic rings. The van der Waals surface area contributed by atoms with Gasteiger partial charge in [-0.15, -0.1) is 0 Å². The summed E-state index contributed by atoms with van der Waals surface area (Å²) in [6.07, 6.45) is 13.4. The molecule has 4 aliphatic rings. The highest BCUT2D eigenvalue weighted by Crippen LogP contribution is 2.42. The Balaban J connectivity index is 1.40. The van der Waals surface area contributed by atoms with Crippen molar-refractivity contribution in [3.63, 3.8) is 0 Å². The van der Waals surface area contributed by atoms with Crippen LogP contribution in [0.15, 0.2) is 24.5 Å². The molecule has 7 nitrogen and oxygen atoms in total. The van der Waals surface area contributed by atoms with Gasteiger partial charge in [-0.3, -0.25) is 0 Å². The van der Waals surface area contributed by atoms with Gasteiger partial charge in [0.15, 0.2) is 0 Å². The van der Waals surface area contributed by atoms with Crippen LogP contribution in [0.25, 0.3) is 11.6 Å². The lowest BCUT2D eigenvalue weighted by Gasteiger charge is -2.38. The van der Waals surface area contributed by atoms with E-state index in [9.17, 15) is 8.42 Å². The minimum absolute atomic E-state index is 0.0154. The first-order valence-corrected chi connectivity index (χ1v) is 13.7. The Hall–Kier alpha value is -2.29. The minimum Gasteiger partial charge on any atom is -0.363 e. The highest BCUT2D eigenvalue weighted by molar-refractivity contribution is 7.88. The average molecular weight is 484 g/mol. The summed E-state index contributed by atoms with van der Waals surface area (Å²) in [7, 11) is -3.22. The molecule has 0 amide bonds. The number of sulfonamides is 1. The summed E-state index contributed by atoms with van der Waals surface area (Å²) in [6.45, 7) is 2.91. The van der Waals surface area contributed by atoms with E-state index in [-0.39, 0.29) is 18.1 Å². The van der Waals surface area contributed by atoms with Crippen LogP contribution in [-0.4, -0.2) is 52.1 Å². The first-order valence-electron chi connectivity index (χ1n) is 11.4. The lowest BCUT2D eigenvalue weighted by molar-refractivity contribution is 0.348. The van der Waals surface area contributed by atoms with Gasteiger partial charge in [0, 0.05) is 54.3 Å². The summed E-state index contributed by atoms with van der Waals surface area (Å²) in [5.74, 6) is 0. The van der Waals surface area contributed by atoms with E-state index in [0.717, 1.165) is 65.2 Å². The van der Waals surface area contributed by atoms with Gasteiger partial charge in [-0.2, -0.15) is 4.31 Å². The number of fused-ring (bicyclic) bond motifs is 4. The molecule has 1 saturated heterocycles. The third-order valence-electron chi connectivity index (χ3n) is 7.39. The second-order valence-corrected chi connectivity index (χ2v) is 11.8. The van der Waals surface area contributed by atoms with Crippen LogP contribution in [0.4, 0.5) is 5.69 Å². The Kier molecular flexibility index (Phi) is 4.91. The smallest absolute Gasteiger partial charge is 0.212 e. The fourth-order valence-electron chi connectivity index (χ4n) is 6.01. The van der Waals surface area contributed by atoms with Crippen molar-refractivity contribution in [1.82, 2.24) is 19.3 Å². The van der Waals surface area contributed by atoms with Gasteiger partial charge in [-0.25, -0.2) is 23.4 Å². The maximum Gasteiger partial charge on any atom is 0.212 e. The number of hydrogen-bond donors (Lipinski definition) is 0. The maximum absolute atomic E-state index is 12.3. The van der Waals surface area contributed by atoms with E-state index >= 15 is 0 Å². The second-order valence-electron chi connectivity index (χ2n) is 9.55. The molecule has 0 unspecified atom stereocenters. The Morgan fingerprint density at radius 1 is 1.15 bits per heavy atom. The largest absolute Gasteiger partial charge is 0.363 e. The van der Waals surface area contributed by atoms with E-state index in [4.69, 9.17) is 16.6 Å².